The van der Waals surface area contributed by atoms with Crippen molar-refractivity contribution in [3.05, 3.63) is 47.5 Å². The van der Waals surface area contributed by atoms with Crippen molar-refractivity contribution in [1.29, 1.82) is 0 Å². The number of benzene rings is 2. The van der Waals surface area contributed by atoms with E-state index in [0.717, 1.165) is 11.1 Å². The third-order valence-corrected chi connectivity index (χ3v) is 4.61. The number of hydrogen-bond acceptors (Lipinski definition) is 9. The number of ether oxygens (including phenoxy) is 4. The van der Waals surface area contributed by atoms with Gasteiger partial charge in [0.15, 0.2) is 18.1 Å². The molecular weight excluding hydrogens is 446 g/mol. The summed E-state index contributed by atoms with van der Waals surface area (Å²) in [7, 11) is 1.49. The highest BCUT2D eigenvalue weighted by atomic mass is 16.7. The van der Waals surface area contributed by atoms with Gasteiger partial charge in [-0.05, 0) is 49.7 Å². The summed E-state index contributed by atoms with van der Waals surface area (Å²) >= 11 is 0. The van der Waals surface area contributed by atoms with Crippen molar-refractivity contribution in [1.82, 2.24) is 5.32 Å². The first-order valence-corrected chi connectivity index (χ1v) is 10.3. The topological polar surface area (TPSA) is 134 Å². The summed E-state index contributed by atoms with van der Waals surface area (Å²) in [6, 6.07) is 10.6. The van der Waals surface area contributed by atoms with Crippen LogP contribution < -0.4 is 24.8 Å². The highest BCUT2D eigenvalue weighted by Crippen LogP contribution is 2.32. The van der Waals surface area contributed by atoms with E-state index in [4.69, 9.17) is 23.8 Å². The quantitative estimate of drug-likeness (QED) is 0.304. The average Bonchev–Trinajstić information content (AvgIpc) is 3.29. The zero-order valence-corrected chi connectivity index (χ0v) is 19.0. The Morgan fingerprint density at radius 3 is 2.62 bits per heavy atom. The average molecular weight is 471 g/mol. The van der Waals surface area contributed by atoms with Gasteiger partial charge in [-0.3, -0.25) is 9.59 Å². The monoisotopic (exact) mass is 471 g/mol. The van der Waals surface area contributed by atoms with E-state index >= 15 is 0 Å². The zero-order chi connectivity index (χ0) is 24.5. The molecule has 0 bridgehead atoms. The summed E-state index contributed by atoms with van der Waals surface area (Å²) in [5.41, 5.74) is 2.67. The number of nitrogens with zero attached hydrogens (tertiary/aromatic N) is 1. The first-order chi connectivity index (χ1) is 16.4. The van der Waals surface area contributed by atoms with E-state index < -0.39 is 31.0 Å². The summed E-state index contributed by atoms with van der Waals surface area (Å²) in [5, 5.41) is 8.88. The van der Waals surface area contributed by atoms with Gasteiger partial charge in [-0.25, -0.2) is 4.79 Å². The summed E-state index contributed by atoms with van der Waals surface area (Å²) in [4.78, 5) is 40.7. The second-order valence-corrected chi connectivity index (χ2v) is 7.21. The molecule has 1 aliphatic rings. The Morgan fingerprint density at radius 2 is 1.82 bits per heavy atom. The van der Waals surface area contributed by atoms with Crippen molar-refractivity contribution in [2.45, 2.75) is 13.8 Å². The molecule has 2 N–H and O–H groups in total. The molecule has 34 heavy (non-hydrogen) atoms. The van der Waals surface area contributed by atoms with Crippen LogP contribution >= 0.6 is 0 Å². The first kappa shape index (κ1) is 24.4. The number of carbonyl (C=O) groups is 3. The fraction of sp³-hybridized carbons (Fsp3) is 0.304. The molecule has 2 aromatic carbocycles. The summed E-state index contributed by atoms with van der Waals surface area (Å²) in [5.74, 6) is -0.141. The molecule has 0 saturated heterocycles. The minimum Gasteiger partial charge on any atom is -0.495 e. The number of hydrogen-bond donors (Lipinski definition) is 2. The molecular formula is C23H25N3O8. The Hall–Kier alpha value is -4.28. The molecule has 0 spiro atoms. The Kier molecular flexibility index (Phi) is 8.27. The Balaban J connectivity index is 1.35. The van der Waals surface area contributed by atoms with Crippen molar-refractivity contribution in [3.63, 3.8) is 0 Å². The Morgan fingerprint density at radius 1 is 1.03 bits per heavy atom. The highest BCUT2D eigenvalue weighted by Gasteiger charge is 2.15. The number of aryl methyl sites for hydroxylation is 1. The molecule has 11 heteroatoms. The van der Waals surface area contributed by atoms with Gasteiger partial charge in [0, 0.05) is 5.56 Å². The molecule has 3 rings (SSSR count). The van der Waals surface area contributed by atoms with Crippen LogP contribution in [0.5, 0.6) is 17.2 Å². The van der Waals surface area contributed by atoms with Crippen LogP contribution in [0.15, 0.2) is 41.6 Å². The Bertz CT molecular complexity index is 1100. The molecule has 0 atom stereocenters. The lowest BCUT2D eigenvalue weighted by molar-refractivity contribution is -0.152. The smallest absolute Gasteiger partial charge is 0.347 e. The van der Waals surface area contributed by atoms with Gasteiger partial charge >= 0.3 is 5.97 Å². The predicted octanol–water partition coefficient (Wildman–Crippen LogP) is 1.77. The molecule has 0 saturated carbocycles. The third kappa shape index (κ3) is 6.86. The van der Waals surface area contributed by atoms with Crippen LogP contribution in [-0.2, 0) is 24.0 Å². The van der Waals surface area contributed by atoms with Gasteiger partial charge in [0.05, 0.1) is 25.1 Å². The van der Waals surface area contributed by atoms with Gasteiger partial charge in [0.25, 0.3) is 5.91 Å². The zero-order valence-electron chi connectivity index (χ0n) is 19.0. The minimum absolute atomic E-state index is 0.164. The number of nitrogens with one attached hydrogen (secondary N) is 2. The van der Waals surface area contributed by atoms with Crippen molar-refractivity contribution in [2.75, 3.05) is 39.0 Å². The van der Waals surface area contributed by atoms with E-state index in [2.05, 4.69) is 15.8 Å². The third-order valence-electron chi connectivity index (χ3n) is 4.61. The SMILES string of the molecule is COc1ccc(C)cc1NC(=O)CNC(=O)COC(=O)CO/N=C(/C)c1ccc2c(c1)OCO2. The van der Waals surface area contributed by atoms with Gasteiger partial charge in [-0.2, -0.15) is 0 Å². The fourth-order valence-corrected chi connectivity index (χ4v) is 2.89. The van der Waals surface area contributed by atoms with Crippen LogP contribution in [0.4, 0.5) is 5.69 Å². The van der Waals surface area contributed by atoms with E-state index in [1.165, 1.54) is 7.11 Å². The summed E-state index contributed by atoms with van der Waals surface area (Å²) in [6.45, 7) is 2.39. The normalized spacial score (nSPS) is 12.0. The van der Waals surface area contributed by atoms with E-state index in [1.54, 1.807) is 37.3 Å². The van der Waals surface area contributed by atoms with Crippen LogP contribution in [0.1, 0.15) is 18.1 Å². The van der Waals surface area contributed by atoms with E-state index in [1.807, 2.05) is 13.0 Å². The lowest BCUT2D eigenvalue weighted by Gasteiger charge is -2.11. The highest BCUT2D eigenvalue weighted by molar-refractivity contribution is 5.99. The molecule has 0 unspecified atom stereocenters. The molecule has 0 aliphatic carbocycles. The molecule has 0 fully saturated rings. The number of oxime groups is 1. The van der Waals surface area contributed by atoms with Gasteiger partial charge in [-0.1, -0.05) is 11.2 Å². The largest absolute Gasteiger partial charge is 0.495 e. The summed E-state index contributed by atoms with van der Waals surface area (Å²) < 4.78 is 20.6. The standard InChI is InChI=1S/C23H25N3O8/c1-14-4-6-18(30-3)17(8-14)25-21(27)10-24-22(28)11-31-23(29)12-34-26-15(2)16-5-7-19-20(9-16)33-13-32-19/h4-9H,10-13H2,1-3H3,(H,24,28)(H,25,27)/b26-15-. The Labute approximate surface area is 195 Å². The van der Waals surface area contributed by atoms with E-state index in [-0.39, 0.29) is 13.3 Å². The van der Waals surface area contributed by atoms with Crippen LogP contribution in [0.2, 0.25) is 0 Å². The maximum Gasteiger partial charge on any atom is 0.347 e. The second kappa shape index (κ2) is 11.5. The number of amides is 2. The number of anilines is 1. The van der Waals surface area contributed by atoms with Crippen LogP contribution in [0, 0.1) is 6.92 Å². The lowest BCUT2D eigenvalue weighted by Crippen LogP contribution is -2.35. The second-order valence-electron chi connectivity index (χ2n) is 7.21. The van der Waals surface area contributed by atoms with E-state index in [9.17, 15) is 14.4 Å². The molecule has 180 valence electrons. The van der Waals surface area contributed by atoms with Gasteiger partial charge in [-0.15, -0.1) is 0 Å². The first-order valence-electron chi connectivity index (χ1n) is 10.3. The molecule has 2 aromatic rings. The van der Waals surface area contributed by atoms with Crippen molar-refractivity contribution < 1.29 is 38.2 Å². The lowest BCUT2D eigenvalue weighted by atomic mass is 10.1. The van der Waals surface area contributed by atoms with Crippen molar-refractivity contribution >= 4 is 29.2 Å². The molecule has 1 heterocycles. The van der Waals surface area contributed by atoms with Crippen LogP contribution in [0.25, 0.3) is 0 Å². The molecule has 0 aromatic heterocycles. The molecule has 0 radical (unpaired) electrons. The predicted molar refractivity (Wildman–Crippen MR) is 121 cm³/mol. The minimum atomic E-state index is -0.786. The number of carbonyl (C=O) groups excluding carboxylic acids is 3. The van der Waals surface area contributed by atoms with Crippen molar-refractivity contribution in [3.8, 4) is 17.2 Å². The fourth-order valence-electron chi connectivity index (χ4n) is 2.89. The van der Waals surface area contributed by atoms with E-state index in [0.29, 0.717) is 28.6 Å². The number of fused-ring (bicyclic) bond motifs is 1. The van der Waals surface area contributed by atoms with Crippen LogP contribution in [0.3, 0.4) is 0 Å². The maximum absolute atomic E-state index is 12.1. The van der Waals surface area contributed by atoms with Gasteiger partial charge in [0.1, 0.15) is 5.75 Å². The summed E-state index contributed by atoms with van der Waals surface area (Å²) in [6.07, 6.45) is 0. The number of methoxy groups -OCH3 is 1. The molecule has 2 amide bonds. The molecule has 1 aliphatic heterocycles. The number of esters is 1. The van der Waals surface area contributed by atoms with Crippen molar-refractivity contribution in [2.24, 2.45) is 5.16 Å². The molecule has 11 nitrogen and oxygen atoms in total. The van der Waals surface area contributed by atoms with Gasteiger partial charge in [0.2, 0.25) is 19.3 Å². The van der Waals surface area contributed by atoms with Crippen LogP contribution in [-0.4, -0.2) is 57.2 Å². The maximum atomic E-state index is 12.1. The van der Waals surface area contributed by atoms with Gasteiger partial charge < -0.3 is 34.4 Å². The number of rotatable bonds is 10.